The number of carbonyl (C=O) groups is 2. The van der Waals surface area contributed by atoms with Crippen LogP contribution in [0.1, 0.15) is 32.4 Å². The minimum Gasteiger partial charge on any atom is -0.454 e. The Hall–Kier alpha value is -2.89. The maximum atomic E-state index is 12.9. The SMILES string of the molecule is CC(C)[C@@H](NS(=O)(=O)c1cccc2nsnc12)C(=O)OCC(=O)N[C@H](C)c1ccccc1. The molecule has 2 N–H and O–H groups in total. The lowest BCUT2D eigenvalue weighted by Crippen LogP contribution is -2.46. The van der Waals surface area contributed by atoms with E-state index in [1.807, 2.05) is 37.3 Å². The van der Waals surface area contributed by atoms with E-state index >= 15 is 0 Å². The largest absolute Gasteiger partial charge is 0.454 e. The van der Waals surface area contributed by atoms with E-state index < -0.39 is 40.5 Å². The van der Waals surface area contributed by atoms with Gasteiger partial charge in [-0.05, 0) is 30.5 Å². The Kier molecular flexibility index (Phi) is 7.54. The number of aromatic nitrogens is 2. The molecule has 9 nitrogen and oxygen atoms in total. The van der Waals surface area contributed by atoms with Crippen molar-refractivity contribution in [3.63, 3.8) is 0 Å². The summed E-state index contributed by atoms with van der Waals surface area (Å²) in [5.74, 6) is -1.75. The van der Waals surface area contributed by atoms with Crippen molar-refractivity contribution in [1.82, 2.24) is 18.8 Å². The van der Waals surface area contributed by atoms with Crippen molar-refractivity contribution in [2.45, 2.75) is 37.8 Å². The molecule has 32 heavy (non-hydrogen) atoms. The molecule has 170 valence electrons. The Bertz CT molecular complexity index is 1200. The average Bonchev–Trinajstić information content (AvgIpc) is 3.25. The number of nitrogens with zero attached hydrogens (tertiary/aromatic N) is 2. The molecule has 0 radical (unpaired) electrons. The van der Waals surface area contributed by atoms with Gasteiger partial charge in [0, 0.05) is 0 Å². The van der Waals surface area contributed by atoms with Crippen LogP contribution < -0.4 is 10.0 Å². The normalized spacial score (nSPS) is 13.6. The number of hydrogen-bond donors (Lipinski definition) is 2. The van der Waals surface area contributed by atoms with Gasteiger partial charge in [0.15, 0.2) is 6.61 Å². The van der Waals surface area contributed by atoms with Crippen molar-refractivity contribution in [2.24, 2.45) is 5.92 Å². The maximum Gasteiger partial charge on any atom is 0.324 e. The van der Waals surface area contributed by atoms with Crippen molar-refractivity contribution in [1.29, 1.82) is 0 Å². The highest BCUT2D eigenvalue weighted by atomic mass is 32.2. The highest BCUT2D eigenvalue weighted by Crippen LogP contribution is 2.22. The predicted octanol–water partition coefficient (Wildman–Crippen LogP) is 2.41. The van der Waals surface area contributed by atoms with Gasteiger partial charge in [-0.25, -0.2) is 8.42 Å². The molecule has 1 amide bonds. The molecule has 0 bridgehead atoms. The molecule has 0 aliphatic carbocycles. The Morgan fingerprint density at radius 2 is 1.75 bits per heavy atom. The first kappa shape index (κ1) is 23.8. The van der Waals surface area contributed by atoms with Gasteiger partial charge in [0.2, 0.25) is 10.0 Å². The second-order valence-electron chi connectivity index (χ2n) is 7.54. The van der Waals surface area contributed by atoms with Crippen LogP contribution in [0, 0.1) is 5.92 Å². The molecule has 11 heteroatoms. The topological polar surface area (TPSA) is 127 Å². The molecule has 2 aromatic carbocycles. The van der Waals surface area contributed by atoms with E-state index in [1.54, 1.807) is 26.0 Å². The number of sulfonamides is 1. The lowest BCUT2D eigenvalue weighted by molar-refractivity contribution is -0.151. The minimum absolute atomic E-state index is 0.0726. The number of nitrogens with one attached hydrogen (secondary N) is 2. The Morgan fingerprint density at radius 3 is 2.44 bits per heavy atom. The summed E-state index contributed by atoms with van der Waals surface area (Å²) in [5.41, 5.74) is 1.59. The highest BCUT2D eigenvalue weighted by Gasteiger charge is 2.31. The zero-order valence-corrected chi connectivity index (χ0v) is 19.4. The van der Waals surface area contributed by atoms with Crippen LogP contribution in [0.25, 0.3) is 11.0 Å². The summed E-state index contributed by atoms with van der Waals surface area (Å²) in [6, 6.07) is 12.5. The van der Waals surface area contributed by atoms with Crippen LogP contribution in [0.15, 0.2) is 53.4 Å². The van der Waals surface area contributed by atoms with Gasteiger partial charge < -0.3 is 10.1 Å². The molecule has 0 saturated carbocycles. The summed E-state index contributed by atoms with van der Waals surface area (Å²) in [6.45, 7) is 4.65. The fraction of sp³-hybridized carbons (Fsp3) is 0.333. The lowest BCUT2D eigenvalue weighted by Gasteiger charge is -2.21. The van der Waals surface area contributed by atoms with Crippen molar-refractivity contribution in [3.05, 3.63) is 54.1 Å². The number of ether oxygens (including phenoxy) is 1. The van der Waals surface area contributed by atoms with Crippen LogP contribution in [0.5, 0.6) is 0 Å². The van der Waals surface area contributed by atoms with Gasteiger partial charge in [0.25, 0.3) is 5.91 Å². The van der Waals surface area contributed by atoms with Crippen molar-refractivity contribution < 1.29 is 22.7 Å². The van der Waals surface area contributed by atoms with Gasteiger partial charge in [-0.3, -0.25) is 9.59 Å². The first-order chi connectivity index (χ1) is 15.2. The number of esters is 1. The third-order valence-corrected chi connectivity index (χ3v) is 6.78. The minimum atomic E-state index is -4.09. The summed E-state index contributed by atoms with van der Waals surface area (Å²) < 4.78 is 41.5. The summed E-state index contributed by atoms with van der Waals surface area (Å²) in [6.07, 6.45) is 0. The fourth-order valence-corrected chi connectivity index (χ4v) is 5.12. The van der Waals surface area contributed by atoms with E-state index in [0.717, 1.165) is 17.3 Å². The molecule has 0 aliphatic rings. The zero-order valence-electron chi connectivity index (χ0n) is 17.8. The van der Waals surface area contributed by atoms with Gasteiger partial charge in [0.05, 0.1) is 17.8 Å². The predicted molar refractivity (Wildman–Crippen MR) is 120 cm³/mol. The number of amides is 1. The molecule has 3 rings (SSSR count). The van der Waals surface area contributed by atoms with Gasteiger partial charge in [-0.1, -0.05) is 50.2 Å². The molecule has 0 saturated heterocycles. The molecule has 0 unspecified atom stereocenters. The maximum absolute atomic E-state index is 12.9. The van der Waals surface area contributed by atoms with Crippen molar-refractivity contribution in [3.8, 4) is 0 Å². The Labute approximate surface area is 190 Å². The molecule has 0 fully saturated rings. The smallest absolute Gasteiger partial charge is 0.324 e. The summed E-state index contributed by atoms with van der Waals surface area (Å²) in [4.78, 5) is 24.7. The van der Waals surface area contributed by atoms with Crippen LogP contribution in [0.2, 0.25) is 0 Å². The van der Waals surface area contributed by atoms with E-state index in [4.69, 9.17) is 4.74 Å². The van der Waals surface area contributed by atoms with Gasteiger partial charge in [0.1, 0.15) is 22.0 Å². The fourth-order valence-electron chi connectivity index (χ4n) is 3.02. The third kappa shape index (κ3) is 5.67. The number of rotatable bonds is 9. The van der Waals surface area contributed by atoms with E-state index in [0.29, 0.717) is 5.52 Å². The third-order valence-electron chi connectivity index (χ3n) is 4.76. The monoisotopic (exact) mass is 476 g/mol. The van der Waals surface area contributed by atoms with Gasteiger partial charge in [-0.15, -0.1) is 0 Å². The standard InChI is InChI=1S/C21H24N4O5S2/c1-13(2)19(25-32(28,29)17-11-7-10-16-20(17)24-31-23-16)21(27)30-12-18(26)22-14(3)15-8-5-4-6-9-15/h4-11,13-14,19,25H,12H2,1-3H3,(H,22,26)/t14-,19-/m1/s1. The quantitative estimate of drug-likeness (QED) is 0.454. The zero-order chi connectivity index (χ0) is 23.3. The molecule has 0 aliphatic heterocycles. The summed E-state index contributed by atoms with van der Waals surface area (Å²) in [5, 5.41) is 2.74. The number of fused-ring (bicyclic) bond motifs is 1. The Morgan fingerprint density at radius 1 is 1.03 bits per heavy atom. The first-order valence-corrected chi connectivity index (χ1v) is 12.1. The molecule has 2 atom stereocenters. The Balaban J connectivity index is 1.64. The second-order valence-corrected chi connectivity index (χ2v) is 9.75. The van der Waals surface area contributed by atoms with Crippen LogP contribution >= 0.6 is 11.7 Å². The van der Waals surface area contributed by atoms with Crippen LogP contribution in [-0.4, -0.2) is 41.7 Å². The molecule has 1 aromatic heterocycles. The number of carbonyl (C=O) groups excluding carboxylic acids is 2. The van der Waals surface area contributed by atoms with Gasteiger partial charge >= 0.3 is 5.97 Å². The molecular weight excluding hydrogens is 452 g/mol. The molecular formula is C21H24N4O5S2. The lowest BCUT2D eigenvalue weighted by atomic mass is 10.1. The summed E-state index contributed by atoms with van der Waals surface area (Å²) in [7, 11) is -4.09. The highest BCUT2D eigenvalue weighted by molar-refractivity contribution is 7.89. The average molecular weight is 477 g/mol. The van der Waals surface area contributed by atoms with Crippen molar-refractivity contribution >= 4 is 44.7 Å². The van der Waals surface area contributed by atoms with E-state index in [2.05, 4.69) is 18.8 Å². The number of benzene rings is 2. The van der Waals surface area contributed by atoms with Gasteiger partial charge in [-0.2, -0.15) is 13.5 Å². The molecule has 3 aromatic rings. The van der Waals surface area contributed by atoms with Crippen molar-refractivity contribution in [2.75, 3.05) is 6.61 Å². The summed E-state index contributed by atoms with van der Waals surface area (Å²) >= 11 is 0.901. The van der Waals surface area contributed by atoms with E-state index in [-0.39, 0.29) is 16.5 Å². The molecule has 1 heterocycles. The van der Waals surface area contributed by atoms with E-state index in [9.17, 15) is 18.0 Å². The second kappa shape index (κ2) is 10.2. The van der Waals surface area contributed by atoms with Crippen LogP contribution in [0.4, 0.5) is 0 Å². The van der Waals surface area contributed by atoms with Crippen LogP contribution in [-0.2, 0) is 24.3 Å². The van der Waals surface area contributed by atoms with Crippen LogP contribution in [0.3, 0.4) is 0 Å². The molecule has 0 spiro atoms. The number of hydrogen-bond acceptors (Lipinski definition) is 8. The first-order valence-electron chi connectivity index (χ1n) is 9.93. The van der Waals surface area contributed by atoms with E-state index in [1.165, 1.54) is 6.07 Å².